The highest BCUT2D eigenvalue weighted by Crippen LogP contribution is 2.42. The normalized spacial score (nSPS) is 18.1. The first kappa shape index (κ1) is 28.1. The molecule has 38 heavy (non-hydrogen) atoms. The van der Waals surface area contributed by atoms with Gasteiger partial charge in [-0.2, -0.15) is 8.78 Å². The molecule has 0 aliphatic heterocycles. The number of hydrogen-bond acceptors (Lipinski definition) is 1. The SMILES string of the molecule is CCCC1CCC(c2cc(C)c(-c3cc(F)c(C(F)(F)Oc4cc(F)c(C)c(F)c4)c(F)c3)c(C)c2)CC1. The first-order valence-corrected chi connectivity index (χ1v) is 13.0. The number of aryl methyl sites for hydroxylation is 2. The Kier molecular flexibility index (Phi) is 8.15. The predicted molar refractivity (Wildman–Crippen MR) is 136 cm³/mol. The Morgan fingerprint density at radius 3 is 1.79 bits per heavy atom. The van der Waals surface area contributed by atoms with Crippen molar-refractivity contribution in [3.63, 3.8) is 0 Å². The summed E-state index contributed by atoms with van der Waals surface area (Å²) in [6, 6.07) is 6.82. The quantitative estimate of drug-likeness (QED) is 0.274. The molecular formula is C31H32F6O. The van der Waals surface area contributed by atoms with Crippen molar-refractivity contribution in [2.24, 2.45) is 5.92 Å². The molecule has 0 radical (unpaired) electrons. The zero-order valence-electron chi connectivity index (χ0n) is 22.0. The molecule has 0 aromatic heterocycles. The summed E-state index contributed by atoms with van der Waals surface area (Å²) >= 11 is 0. The third kappa shape index (κ3) is 5.71. The van der Waals surface area contributed by atoms with E-state index in [1.807, 2.05) is 26.0 Å². The number of hydrogen-bond donors (Lipinski definition) is 0. The lowest BCUT2D eigenvalue weighted by Crippen LogP contribution is -2.25. The van der Waals surface area contributed by atoms with Crippen LogP contribution in [0, 0.1) is 50.0 Å². The van der Waals surface area contributed by atoms with E-state index in [9.17, 15) is 17.6 Å². The number of rotatable bonds is 7. The van der Waals surface area contributed by atoms with Crippen molar-refractivity contribution < 1.29 is 31.1 Å². The van der Waals surface area contributed by atoms with Crippen molar-refractivity contribution in [3.8, 4) is 16.9 Å². The fourth-order valence-corrected chi connectivity index (χ4v) is 5.76. The molecule has 0 bridgehead atoms. The molecule has 0 unspecified atom stereocenters. The molecular weight excluding hydrogens is 502 g/mol. The summed E-state index contributed by atoms with van der Waals surface area (Å²) in [4.78, 5) is 0. The maximum atomic E-state index is 15.0. The lowest BCUT2D eigenvalue weighted by molar-refractivity contribution is -0.189. The highest BCUT2D eigenvalue weighted by molar-refractivity contribution is 5.72. The molecule has 3 aromatic carbocycles. The summed E-state index contributed by atoms with van der Waals surface area (Å²) in [6.07, 6.45) is 2.51. The monoisotopic (exact) mass is 534 g/mol. The second-order valence-electron chi connectivity index (χ2n) is 10.5. The minimum atomic E-state index is -4.51. The summed E-state index contributed by atoms with van der Waals surface area (Å²) in [5.41, 5.74) is 1.48. The van der Waals surface area contributed by atoms with Crippen LogP contribution in [0.25, 0.3) is 11.1 Å². The predicted octanol–water partition coefficient (Wildman–Crippen LogP) is 10.0. The van der Waals surface area contributed by atoms with E-state index in [2.05, 4.69) is 11.7 Å². The first-order chi connectivity index (χ1) is 17.9. The first-order valence-electron chi connectivity index (χ1n) is 13.0. The van der Waals surface area contributed by atoms with Crippen LogP contribution in [0.1, 0.15) is 79.2 Å². The number of ether oxygens (including phenoxy) is 1. The van der Waals surface area contributed by atoms with Crippen LogP contribution in [0.4, 0.5) is 26.3 Å². The van der Waals surface area contributed by atoms with Crippen LogP contribution in [0.2, 0.25) is 0 Å². The van der Waals surface area contributed by atoms with Crippen LogP contribution in [-0.4, -0.2) is 0 Å². The van der Waals surface area contributed by atoms with Gasteiger partial charge in [-0.05, 0) is 98.2 Å². The van der Waals surface area contributed by atoms with Gasteiger partial charge in [-0.3, -0.25) is 0 Å². The van der Waals surface area contributed by atoms with Gasteiger partial charge in [0.2, 0.25) is 0 Å². The third-order valence-electron chi connectivity index (χ3n) is 7.69. The molecule has 0 saturated heterocycles. The highest BCUT2D eigenvalue weighted by Gasteiger charge is 2.41. The zero-order chi connectivity index (χ0) is 27.8. The van der Waals surface area contributed by atoms with Crippen LogP contribution in [0.3, 0.4) is 0 Å². The Balaban J connectivity index is 1.62. The van der Waals surface area contributed by atoms with E-state index < -0.39 is 40.7 Å². The minimum absolute atomic E-state index is 0.125. The van der Waals surface area contributed by atoms with Gasteiger partial charge in [-0.15, -0.1) is 0 Å². The average molecular weight is 535 g/mol. The van der Waals surface area contributed by atoms with E-state index in [0.717, 1.165) is 48.9 Å². The molecule has 0 atom stereocenters. The molecule has 3 aromatic rings. The molecule has 1 nitrogen and oxygen atoms in total. The van der Waals surface area contributed by atoms with E-state index >= 15 is 8.78 Å². The van der Waals surface area contributed by atoms with Crippen molar-refractivity contribution in [1.29, 1.82) is 0 Å². The van der Waals surface area contributed by atoms with E-state index in [-0.39, 0.29) is 11.1 Å². The fraction of sp³-hybridized carbons (Fsp3) is 0.419. The molecule has 1 aliphatic rings. The topological polar surface area (TPSA) is 9.23 Å². The van der Waals surface area contributed by atoms with Gasteiger partial charge in [-0.25, -0.2) is 17.6 Å². The molecule has 0 heterocycles. The Morgan fingerprint density at radius 2 is 1.29 bits per heavy atom. The van der Waals surface area contributed by atoms with Gasteiger partial charge < -0.3 is 4.74 Å². The molecule has 1 fully saturated rings. The van der Waals surface area contributed by atoms with Gasteiger partial charge in [0.05, 0.1) is 0 Å². The molecule has 0 N–H and O–H groups in total. The zero-order valence-corrected chi connectivity index (χ0v) is 22.0. The van der Waals surface area contributed by atoms with Gasteiger partial charge in [-0.1, -0.05) is 31.9 Å². The second kappa shape index (κ2) is 11.0. The standard InChI is InChI=1S/C31H32F6O/c1-5-6-20-7-9-21(10-8-20)22-11-17(2)29(18(3)12-22)23-13-27(34)30(28(35)14-23)31(36,37)38-24-15-25(32)19(4)26(33)16-24/h11-16,20-21H,5-10H2,1-4H3. The van der Waals surface area contributed by atoms with E-state index in [1.165, 1.54) is 31.2 Å². The van der Waals surface area contributed by atoms with Crippen LogP contribution >= 0.6 is 0 Å². The van der Waals surface area contributed by atoms with Gasteiger partial charge in [0.15, 0.2) is 0 Å². The van der Waals surface area contributed by atoms with Crippen molar-refractivity contribution in [3.05, 3.63) is 87.5 Å². The largest absolute Gasteiger partial charge is 0.432 e. The summed E-state index contributed by atoms with van der Waals surface area (Å²) in [6.45, 7) is 7.02. The van der Waals surface area contributed by atoms with E-state index in [1.54, 1.807) is 0 Å². The third-order valence-corrected chi connectivity index (χ3v) is 7.69. The van der Waals surface area contributed by atoms with Crippen molar-refractivity contribution >= 4 is 0 Å². The van der Waals surface area contributed by atoms with Crippen LogP contribution in [0.15, 0.2) is 36.4 Å². The van der Waals surface area contributed by atoms with Crippen molar-refractivity contribution in [1.82, 2.24) is 0 Å². The Labute approximate surface area is 219 Å². The molecule has 1 aliphatic carbocycles. The maximum Gasteiger partial charge on any atom is 0.432 e. The maximum absolute atomic E-state index is 15.0. The molecule has 1 saturated carbocycles. The van der Waals surface area contributed by atoms with Crippen LogP contribution in [-0.2, 0) is 6.11 Å². The Hall–Kier alpha value is -2.96. The highest BCUT2D eigenvalue weighted by atomic mass is 19.3. The summed E-state index contributed by atoms with van der Waals surface area (Å²) in [5, 5.41) is 0. The van der Waals surface area contributed by atoms with Gasteiger partial charge in [0.1, 0.15) is 34.6 Å². The molecule has 204 valence electrons. The molecule has 0 amide bonds. The molecule has 0 spiro atoms. The smallest absolute Gasteiger partial charge is 0.429 e. The number of alkyl halides is 2. The average Bonchev–Trinajstić information content (AvgIpc) is 2.82. The second-order valence-corrected chi connectivity index (χ2v) is 10.5. The number of halogens is 6. The van der Waals surface area contributed by atoms with Gasteiger partial charge >= 0.3 is 6.11 Å². The summed E-state index contributed by atoms with van der Waals surface area (Å²) in [7, 11) is 0. The van der Waals surface area contributed by atoms with E-state index in [0.29, 0.717) is 23.6 Å². The Morgan fingerprint density at radius 1 is 0.763 bits per heavy atom. The summed E-state index contributed by atoms with van der Waals surface area (Å²) in [5.74, 6) is -4.95. The molecule has 7 heteroatoms. The molecule has 4 rings (SSSR count). The minimum Gasteiger partial charge on any atom is -0.429 e. The summed E-state index contributed by atoms with van der Waals surface area (Å²) < 4.78 is 91.5. The van der Waals surface area contributed by atoms with Crippen molar-refractivity contribution in [2.45, 2.75) is 78.2 Å². The van der Waals surface area contributed by atoms with Gasteiger partial charge in [0.25, 0.3) is 0 Å². The van der Waals surface area contributed by atoms with Crippen molar-refractivity contribution in [2.75, 3.05) is 0 Å². The number of benzene rings is 3. The van der Waals surface area contributed by atoms with E-state index in [4.69, 9.17) is 0 Å². The lowest BCUT2D eigenvalue weighted by Gasteiger charge is -2.29. The fourth-order valence-electron chi connectivity index (χ4n) is 5.76. The Bertz CT molecular complexity index is 1250. The lowest BCUT2D eigenvalue weighted by atomic mass is 9.76. The van der Waals surface area contributed by atoms with Crippen LogP contribution < -0.4 is 4.74 Å². The van der Waals surface area contributed by atoms with Gasteiger partial charge in [0, 0.05) is 17.7 Å². The van der Waals surface area contributed by atoms with Crippen LogP contribution in [0.5, 0.6) is 5.75 Å².